The fourth-order valence-electron chi connectivity index (χ4n) is 1.11. The zero-order valence-electron chi connectivity index (χ0n) is 8.46. The van der Waals surface area contributed by atoms with Crippen LogP contribution in [0.1, 0.15) is 22.5 Å². The fraction of sp³-hybridized carbons (Fsp3) is 0.333. The van der Waals surface area contributed by atoms with Crippen molar-refractivity contribution in [1.29, 1.82) is 0 Å². The second-order valence-corrected chi connectivity index (χ2v) is 3.06. The van der Waals surface area contributed by atoms with Gasteiger partial charge in [0.1, 0.15) is 5.75 Å². The lowest BCUT2D eigenvalue weighted by Gasteiger charge is -2.10. The number of pyridine rings is 1. The highest BCUT2D eigenvalue weighted by Crippen LogP contribution is 2.32. The van der Waals surface area contributed by atoms with Crippen molar-refractivity contribution in [1.82, 2.24) is 4.98 Å². The first-order chi connectivity index (χ1) is 7.51. The van der Waals surface area contributed by atoms with E-state index in [0.717, 1.165) is 6.07 Å². The first-order valence-electron chi connectivity index (χ1n) is 4.12. The molecule has 0 aromatic carbocycles. The van der Waals surface area contributed by atoms with E-state index >= 15 is 0 Å². The summed E-state index contributed by atoms with van der Waals surface area (Å²) in [4.78, 5) is 14.5. The van der Waals surface area contributed by atoms with Gasteiger partial charge in [0.25, 0.3) is 11.7 Å². The van der Waals surface area contributed by atoms with Gasteiger partial charge < -0.3 is 9.47 Å². The van der Waals surface area contributed by atoms with Gasteiger partial charge in [0.05, 0.1) is 19.8 Å². The van der Waals surface area contributed by atoms with Gasteiger partial charge >= 0.3 is 0 Å². The molecule has 0 radical (unpaired) electrons. The van der Waals surface area contributed by atoms with Crippen molar-refractivity contribution in [3.8, 4) is 11.6 Å². The Hall–Kier alpha value is -1.43. The quantitative estimate of drug-likeness (QED) is 0.771. The summed E-state index contributed by atoms with van der Waals surface area (Å²) in [5.74, 6) is -0.462. The van der Waals surface area contributed by atoms with Crippen LogP contribution in [0.4, 0.5) is 8.78 Å². The molecule has 0 aliphatic carbocycles. The fourth-order valence-corrected chi connectivity index (χ4v) is 1.24. The van der Waals surface area contributed by atoms with Gasteiger partial charge in [0, 0.05) is 0 Å². The van der Waals surface area contributed by atoms with Gasteiger partial charge in [-0.25, -0.2) is 13.8 Å². The normalized spacial score (nSPS) is 10.4. The molecular weight excluding hydrogens is 244 g/mol. The standard InChI is InChI=1S/C9H8ClF2NO3/c1-15-5-3-4(8(11)12)9(16-2)13-6(5)7(10)14/h3,8H,1-2H3. The highest BCUT2D eigenvalue weighted by atomic mass is 35.5. The molecule has 0 unspecified atom stereocenters. The van der Waals surface area contributed by atoms with E-state index in [1.54, 1.807) is 0 Å². The van der Waals surface area contributed by atoms with Crippen LogP contribution in [-0.2, 0) is 0 Å². The molecule has 0 saturated carbocycles. The lowest BCUT2D eigenvalue weighted by atomic mass is 10.2. The zero-order valence-corrected chi connectivity index (χ0v) is 9.22. The summed E-state index contributed by atoms with van der Waals surface area (Å²) in [5, 5.41) is -0.907. The molecule has 4 nitrogen and oxygen atoms in total. The van der Waals surface area contributed by atoms with Crippen LogP contribution in [0.3, 0.4) is 0 Å². The Labute approximate surface area is 95.1 Å². The smallest absolute Gasteiger partial charge is 0.274 e. The molecule has 7 heteroatoms. The molecule has 88 valence electrons. The number of aromatic nitrogens is 1. The summed E-state index contributed by atoms with van der Waals surface area (Å²) in [5.41, 5.74) is -0.716. The minimum absolute atomic E-state index is 0.115. The van der Waals surface area contributed by atoms with Gasteiger partial charge in [0.15, 0.2) is 5.69 Å². The molecule has 1 aromatic heterocycles. The molecule has 1 heterocycles. The van der Waals surface area contributed by atoms with Gasteiger partial charge in [-0.3, -0.25) is 4.79 Å². The third-order valence-corrected chi connectivity index (χ3v) is 1.99. The molecule has 1 rings (SSSR count). The van der Waals surface area contributed by atoms with E-state index < -0.39 is 17.2 Å². The summed E-state index contributed by atoms with van der Waals surface area (Å²) in [6.07, 6.45) is -2.78. The average molecular weight is 252 g/mol. The molecule has 0 spiro atoms. The van der Waals surface area contributed by atoms with Gasteiger partial charge in [-0.2, -0.15) is 0 Å². The summed E-state index contributed by atoms with van der Waals surface area (Å²) in [6, 6.07) is 0.978. The van der Waals surface area contributed by atoms with E-state index in [-0.39, 0.29) is 17.3 Å². The maximum atomic E-state index is 12.6. The number of carbonyl (C=O) groups is 1. The predicted octanol–water partition coefficient (Wildman–Crippen LogP) is 2.42. The van der Waals surface area contributed by atoms with Crippen molar-refractivity contribution in [2.45, 2.75) is 6.43 Å². The second kappa shape index (κ2) is 5.07. The number of alkyl halides is 2. The zero-order chi connectivity index (χ0) is 12.3. The maximum absolute atomic E-state index is 12.6. The van der Waals surface area contributed by atoms with Crippen molar-refractivity contribution in [3.05, 3.63) is 17.3 Å². The van der Waals surface area contributed by atoms with Crippen LogP contribution in [0.15, 0.2) is 6.07 Å². The second-order valence-electron chi connectivity index (χ2n) is 2.71. The van der Waals surface area contributed by atoms with Crippen LogP contribution in [-0.4, -0.2) is 24.4 Å². The van der Waals surface area contributed by atoms with Gasteiger partial charge in [0.2, 0.25) is 5.88 Å². The lowest BCUT2D eigenvalue weighted by molar-refractivity contribution is 0.107. The molecule has 0 aliphatic rings. The Morgan fingerprint density at radius 1 is 1.44 bits per heavy atom. The van der Waals surface area contributed by atoms with Crippen molar-refractivity contribution in [2.24, 2.45) is 0 Å². The van der Waals surface area contributed by atoms with Crippen LogP contribution in [0.5, 0.6) is 11.6 Å². The molecule has 0 atom stereocenters. The average Bonchev–Trinajstić information content (AvgIpc) is 2.26. The van der Waals surface area contributed by atoms with E-state index in [1.807, 2.05) is 0 Å². The van der Waals surface area contributed by atoms with Gasteiger partial charge in [-0.05, 0) is 17.7 Å². The number of rotatable bonds is 4. The molecule has 0 fully saturated rings. The minimum atomic E-state index is -2.78. The molecule has 0 saturated heterocycles. The first-order valence-corrected chi connectivity index (χ1v) is 4.50. The molecule has 0 N–H and O–H groups in total. The van der Waals surface area contributed by atoms with E-state index in [2.05, 4.69) is 9.72 Å². The predicted molar refractivity (Wildman–Crippen MR) is 52.5 cm³/mol. The number of ether oxygens (including phenoxy) is 2. The highest BCUT2D eigenvalue weighted by molar-refractivity contribution is 6.67. The van der Waals surface area contributed by atoms with Crippen molar-refractivity contribution >= 4 is 16.8 Å². The Morgan fingerprint density at radius 3 is 2.44 bits per heavy atom. The Balaban J connectivity index is 3.40. The number of carbonyl (C=O) groups excluding carboxylic acids is 1. The summed E-state index contributed by atoms with van der Waals surface area (Å²) >= 11 is 5.22. The number of hydrogen-bond donors (Lipinski definition) is 0. The third-order valence-electron chi connectivity index (χ3n) is 1.81. The van der Waals surface area contributed by atoms with E-state index in [4.69, 9.17) is 16.3 Å². The van der Waals surface area contributed by atoms with Gasteiger partial charge in [-0.15, -0.1) is 0 Å². The Bertz CT molecular complexity index is 412. The van der Waals surface area contributed by atoms with Crippen LogP contribution in [0.2, 0.25) is 0 Å². The number of halogens is 3. The Kier molecular flexibility index (Phi) is 4.00. The van der Waals surface area contributed by atoms with Crippen molar-refractivity contribution in [3.63, 3.8) is 0 Å². The largest absolute Gasteiger partial charge is 0.494 e. The topological polar surface area (TPSA) is 48.4 Å². The van der Waals surface area contributed by atoms with E-state index in [9.17, 15) is 13.6 Å². The van der Waals surface area contributed by atoms with Crippen LogP contribution < -0.4 is 9.47 Å². The summed E-state index contributed by atoms with van der Waals surface area (Å²) in [6.45, 7) is 0. The lowest BCUT2D eigenvalue weighted by Crippen LogP contribution is -2.04. The van der Waals surface area contributed by atoms with Gasteiger partial charge in [-0.1, -0.05) is 0 Å². The van der Waals surface area contributed by atoms with Crippen LogP contribution >= 0.6 is 11.6 Å². The van der Waals surface area contributed by atoms with E-state index in [0.29, 0.717) is 0 Å². The minimum Gasteiger partial charge on any atom is -0.494 e. The summed E-state index contributed by atoms with van der Waals surface area (Å²) < 4.78 is 34.5. The third kappa shape index (κ3) is 2.38. The molecular formula is C9H8ClF2NO3. The van der Waals surface area contributed by atoms with Crippen molar-refractivity contribution < 1.29 is 23.0 Å². The van der Waals surface area contributed by atoms with E-state index in [1.165, 1.54) is 14.2 Å². The molecule has 0 bridgehead atoms. The van der Waals surface area contributed by atoms with Crippen molar-refractivity contribution in [2.75, 3.05) is 14.2 Å². The number of nitrogens with zero attached hydrogens (tertiary/aromatic N) is 1. The summed E-state index contributed by atoms with van der Waals surface area (Å²) in [7, 11) is 2.39. The Morgan fingerprint density at radius 2 is 2.06 bits per heavy atom. The number of methoxy groups -OCH3 is 2. The SMILES string of the molecule is COc1cc(C(F)F)c(OC)nc1C(=O)Cl. The number of hydrogen-bond acceptors (Lipinski definition) is 4. The molecule has 0 aliphatic heterocycles. The van der Waals surface area contributed by atoms with Crippen LogP contribution in [0.25, 0.3) is 0 Å². The van der Waals surface area contributed by atoms with Crippen LogP contribution in [0, 0.1) is 0 Å². The first kappa shape index (κ1) is 12.6. The molecule has 1 aromatic rings. The molecule has 16 heavy (non-hydrogen) atoms. The molecule has 0 amide bonds. The maximum Gasteiger partial charge on any atom is 0.274 e. The highest BCUT2D eigenvalue weighted by Gasteiger charge is 2.22. The monoisotopic (exact) mass is 251 g/mol.